The maximum atomic E-state index is 13.1. The smallest absolute Gasteiger partial charge is 0.295 e. The molecule has 4 rings (SSSR count). The van der Waals surface area contributed by atoms with Crippen molar-refractivity contribution in [2.75, 3.05) is 11.1 Å². The number of aromatic nitrogens is 5. The van der Waals surface area contributed by atoms with Crippen molar-refractivity contribution in [1.82, 2.24) is 24.1 Å². The molecule has 0 aliphatic carbocycles. The minimum Gasteiger partial charge on any atom is -0.483 e. The van der Waals surface area contributed by atoms with Crippen LogP contribution in [-0.2, 0) is 18.4 Å². The lowest BCUT2D eigenvalue weighted by Gasteiger charge is -2.15. The summed E-state index contributed by atoms with van der Waals surface area (Å²) in [5.74, 6) is 1.11. The second kappa shape index (κ2) is 11.1. The Morgan fingerprint density at radius 3 is 2.47 bits per heavy atom. The van der Waals surface area contributed by atoms with E-state index in [1.54, 1.807) is 24.7 Å². The zero-order valence-corrected chi connectivity index (χ0v) is 21.2. The zero-order valence-electron chi connectivity index (χ0n) is 20.4. The van der Waals surface area contributed by atoms with Crippen LogP contribution in [0.2, 0.25) is 0 Å². The third-order valence-corrected chi connectivity index (χ3v) is 6.59. The fourth-order valence-corrected chi connectivity index (χ4v) is 4.54. The van der Waals surface area contributed by atoms with E-state index in [2.05, 4.69) is 22.1 Å². The summed E-state index contributed by atoms with van der Waals surface area (Å²) in [6.07, 6.45) is 1.39. The molecule has 0 fully saturated rings. The van der Waals surface area contributed by atoms with E-state index in [4.69, 9.17) is 4.74 Å². The van der Waals surface area contributed by atoms with Crippen molar-refractivity contribution in [1.29, 1.82) is 0 Å². The third-order valence-electron chi connectivity index (χ3n) is 5.63. The molecule has 1 unspecified atom stereocenters. The van der Waals surface area contributed by atoms with Crippen molar-refractivity contribution in [3.05, 3.63) is 95.2 Å². The Morgan fingerprint density at radius 2 is 1.81 bits per heavy atom. The van der Waals surface area contributed by atoms with Gasteiger partial charge in [-0.2, -0.15) is 0 Å². The van der Waals surface area contributed by atoms with Crippen LogP contribution in [0.5, 0.6) is 5.75 Å². The minimum atomic E-state index is -0.355. The summed E-state index contributed by atoms with van der Waals surface area (Å²) in [5, 5.41) is 11.9. The zero-order chi connectivity index (χ0) is 25.7. The van der Waals surface area contributed by atoms with E-state index in [1.165, 1.54) is 16.4 Å². The molecule has 0 aliphatic heterocycles. The van der Waals surface area contributed by atoms with Gasteiger partial charge in [0.2, 0.25) is 5.91 Å². The molecular formula is C26H28N6O3S. The summed E-state index contributed by atoms with van der Waals surface area (Å²) in [6, 6.07) is 18.8. The number of ether oxygens (including phenoxy) is 1. The Hall–Kier alpha value is -4.05. The number of nitrogens with zero attached hydrogens (tertiary/aromatic N) is 5. The first-order valence-electron chi connectivity index (χ1n) is 11.4. The topological polar surface area (TPSA) is 96.0 Å². The van der Waals surface area contributed by atoms with Crippen molar-refractivity contribution in [2.24, 2.45) is 7.05 Å². The van der Waals surface area contributed by atoms with Gasteiger partial charge < -0.3 is 10.1 Å². The van der Waals surface area contributed by atoms with Crippen LogP contribution in [0.4, 0.5) is 5.69 Å². The van der Waals surface area contributed by atoms with Crippen molar-refractivity contribution >= 4 is 23.4 Å². The van der Waals surface area contributed by atoms with Crippen LogP contribution in [0, 0.1) is 6.92 Å². The highest BCUT2D eigenvalue weighted by Crippen LogP contribution is 2.25. The Bertz CT molecular complexity index is 1410. The van der Waals surface area contributed by atoms with E-state index >= 15 is 0 Å². The average Bonchev–Trinajstić information content (AvgIpc) is 3.38. The SMILES string of the molecule is C=CCn1c(SCC(=O)Nc2c(C)n(C)n(-c3ccccc3)c2=O)nnc1C(C)Oc1ccccc1. The molecule has 0 saturated carbocycles. The molecule has 186 valence electrons. The lowest BCUT2D eigenvalue weighted by Crippen LogP contribution is -2.23. The lowest BCUT2D eigenvalue weighted by molar-refractivity contribution is -0.113. The van der Waals surface area contributed by atoms with Crippen LogP contribution in [0.15, 0.2) is 83.3 Å². The molecule has 9 nitrogen and oxygen atoms in total. The molecule has 2 aromatic carbocycles. The monoisotopic (exact) mass is 504 g/mol. The molecule has 4 aromatic rings. The number of hydrogen-bond acceptors (Lipinski definition) is 6. The van der Waals surface area contributed by atoms with E-state index in [0.717, 1.165) is 11.4 Å². The van der Waals surface area contributed by atoms with Crippen LogP contribution in [0.3, 0.4) is 0 Å². The summed E-state index contributed by atoms with van der Waals surface area (Å²) in [5.41, 5.74) is 1.35. The first-order valence-corrected chi connectivity index (χ1v) is 12.4. The van der Waals surface area contributed by atoms with Crippen molar-refractivity contribution < 1.29 is 9.53 Å². The maximum absolute atomic E-state index is 13.1. The largest absolute Gasteiger partial charge is 0.483 e. The third kappa shape index (κ3) is 5.28. The van der Waals surface area contributed by atoms with Gasteiger partial charge in [0.1, 0.15) is 11.4 Å². The standard InChI is InChI=1S/C26H28N6O3S/c1-5-16-31-24(19(3)35-21-14-10-7-11-15-21)28-29-26(31)36-17-22(33)27-23-18(2)30(4)32(25(23)34)20-12-8-6-9-13-20/h5-15,19H,1,16-17H2,2-4H3,(H,27,33). The van der Waals surface area contributed by atoms with E-state index < -0.39 is 0 Å². The molecule has 0 bridgehead atoms. The van der Waals surface area contributed by atoms with Gasteiger partial charge in [0.15, 0.2) is 17.1 Å². The van der Waals surface area contributed by atoms with Gasteiger partial charge in [-0.3, -0.25) is 18.8 Å². The fraction of sp³-hybridized carbons (Fsp3) is 0.231. The van der Waals surface area contributed by atoms with Gasteiger partial charge in [0, 0.05) is 13.6 Å². The summed E-state index contributed by atoms with van der Waals surface area (Å²) in [4.78, 5) is 25.9. The number of anilines is 1. The number of thioether (sulfide) groups is 1. The van der Waals surface area contributed by atoms with Gasteiger partial charge in [-0.1, -0.05) is 54.2 Å². The highest BCUT2D eigenvalue weighted by molar-refractivity contribution is 7.99. The Balaban J connectivity index is 1.47. The van der Waals surface area contributed by atoms with Crippen molar-refractivity contribution in [3.63, 3.8) is 0 Å². The predicted molar refractivity (Wildman–Crippen MR) is 141 cm³/mol. The highest BCUT2D eigenvalue weighted by Gasteiger charge is 2.21. The summed E-state index contributed by atoms with van der Waals surface area (Å²) in [6.45, 7) is 7.98. The molecule has 1 N–H and O–H groups in total. The van der Waals surface area contributed by atoms with Crippen LogP contribution in [0.1, 0.15) is 24.5 Å². The molecule has 0 saturated heterocycles. The number of amides is 1. The van der Waals surface area contributed by atoms with Gasteiger partial charge in [0.25, 0.3) is 5.56 Å². The molecular weight excluding hydrogens is 476 g/mol. The number of carbonyl (C=O) groups is 1. The normalized spacial score (nSPS) is 11.8. The van der Waals surface area contributed by atoms with Crippen LogP contribution >= 0.6 is 11.8 Å². The Morgan fingerprint density at radius 1 is 1.14 bits per heavy atom. The van der Waals surface area contributed by atoms with E-state index in [0.29, 0.717) is 23.2 Å². The quantitative estimate of drug-likeness (QED) is 0.258. The minimum absolute atomic E-state index is 0.0578. The number of hydrogen-bond donors (Lipinski definition) is 1. The highest BCUT2D eigenvalue weighted by atomic mass is 32.2. The number of rotatable bonds is 10. The molecule has 10 heteroatoms. The molecule has 2 heterocycles. The molecule has 36 heavy (non-hydrogen) atoms. The second-order valence-corrected chi connectivity index (χ2v) is 9.03. The van der Waals surface area contributed by atoms with Gasteiger partial charge in [-0.15, -0.1) is 16.8 Å². The van der Waals surface area contributed by atoms with Crippen molar-refractivity contribution in [2.45, 2.75) is 31.7 Å². The number of para-hydroxylation sites is 2. The lowest BCUT2D eigenvalue weighted by atomic mass is 10.3. The van der Waals surface area contributed by atoms with Gasteiger partial charge in [0.05, 0.1) is 17.1 Å². The van der Waals surface area contributed by atoms with Crippen LogP contribution < -0.4 is 15.6 Å². The van der Waals surface area contributed by atoms with Crippen molar-refractivity contribution in [3.8, 4) is 11.4 Å². The van der Waals surface area contributed by atoms with Gasteiger partial charge in [-0.05, 0) is 38.1 Å². The van der Waals surface area contributed by atoms with Crippen LogP contribution in [-0.4, -0.2) is 35.8 Å². The first-order chi connectivity index (χ1) is 17.4. The van der Waals surface area contributed by atoms with Crippen LogP contribution in [0.25, 0.3) is 5.69 Å². The Kier molecular flexibility index (Phi) is 7.74. The number of allylic oxidation sites excluding steroid dienone is 1. The molecule has 0 radical (unpaired) electrons. The van der Waals surface area contributed by atoms with E-state index in [-0.39, 0.29) is 29.0 Å². The summed E-state index contributed by atoms with van der Waals surface area (Å²) >= 11 is 1.24. The summed E-state index contributed by atoms with van der Waals surface area (Å²) < 4.78 is 11.1. The average molecular weight is 505 g/mol. The van der Waals surface area contributed by atoms with Gasteiger partial charge >= 0.3 is 0 Å². The molecule has 0 spiro atoms. The fourth-order valence-electron chi connectivity index (χ4n) is 3.78. The molecule has 1 amide bonds. The first kappa shape index (κ1) is 25.1. The number of carbonyl (C=O) groups excluding carboxylic acids is 1. The number of nitrogens with one attached hydrogen (secondary N) is 1. The second-order valence-electron chi connectivity index (χ2n) is 8.09. The molecule has 0 aliphatic rings. The number of benzene rings is 2. The van der Waals surface area contributed by atoms with Gasteiger partial charge in [-0.25, -0.2) is 4.68 Å². The predicted octanol–water partition coefficient (Wildman–Crippen LogP) is 4.13. The van der Waals surface area contributed by atoms with E-state index in [9.17, 15) is 9.59 Å². The maximum Gasteiger partial charge on any atom is 0.295 e. The Labute approximate surface area is 213 Å². The molecule has 2 aromatic heterocycles. The van der Waals surface area contributed by atoms with E-state index in [1.807, 2.05) is 72.2 Å². The molecule has 1 atom stereocenters. The summed E-state index contributed by atoms with van der Waals surface area (Å²) in [7, 11) is 1.78.